The van der Waals surface area contributed by atoms with Crippen LogP contribution < -0.4 is 29.6 Å². The molecule has 6 heteroatoms. The summed E-state index contributed by atoms with van der Waals surface area (Å²) >= 11 is 0. The quantitative estimate of drug-likeness (QED) is 0.127. The summed E-state index contributed by atoms with van der Waals surface area (Å²) in [6.45, 7) is 10.9. The summed E-state index contributed by atoms with van der Waals surface area (Å²) < 4.78 is 4.00. The minimum atomic E-state index is -1.35. The van der Waals surface area contributed by atoms with Crippen LogP contribution >= 0.6 is 0 Å². The minimum Gasteiger partial charge on any atom is -0.389 e. The van der Waals surface area contributed by atoms with Crippen molar-refractivity contribution < 1.29 is 54.1 Å². The molecule has 2 atom stereocenters. The number of aliphatic hydroxyl groups excluding tert-OH is 2. The molecule has 0 bridgehead atoms. The van der Waals surface area contributed by atoms with E-state index in [-0.39, 0.29) is 29.6 Å². The number of aliphatic hydroxyl groups is 2. The summed E-state index contributed by atoms with van der Waals surface area (Å²) in [5.74, 6) is -1.22. The predicted octanol–water partition coefficient (Wildman–Crippen LogP) is 2.76. The number of hydrogen-bond acceptors (Lipinski definition) is 5. The Morgan fingerprint density at radius 3 is 1.23 bits per heavy atom. The third-order valence-corrected chi connectivity index (χ3v) is 4.66. The molecule has 174 valence electrons. The predicted molar refractivity (Wildman–Crippen MR) is 119 cm³/mol. The van der Waals surface area contributed by atoms with Crippen LogP contribution in [0.1, 0.15) is 118 Å². The van der Waals surface area contributed by atoms with E-state index in [9.17, 15) is 9.59 Å². The van der Waals surface area contributed by atoms with Crippen LogP contribution in [0.3, 0.4) is 0 Å². The Morgan fingerprint density at radius 2 is 0.967 bits per heavy atom. The minimum absolute atomic E-state index is 0. The van der Waals surface area contributed by atoms with Crippen LogP contribution in [0, 0.1) is 12.8 Å². The van der Waals surface area contributed by atoms with E-state index in [1.54, 1.807) is 0 Å². The third-order valence-electron chi connectivity index (χ3n) is 4.66. The van der Waals surface area contributed by atoms with Crippen molar-refractivity contribution in [3.05, 3.63) is 6.92 Å². The third kappa shape index (κ3) is 28.1. The molecule has 0 fully saturated rings. The molecule has 0 aliphatic carbocycles. The molecule has 0 amide bonds. The number of carbonyl (C=O) groups excluding carboxylic acids is 2. The van der Waals surface area contributed by atoms with Crippen LogP contribution in [0.15, 0.2) is 0 Å². The Labute approximate surface area is 208 Å². The Bertz CT molecular complexity index is 366. The molecule has 0 aromatic rings. The van der Waals surface area contributed by atoms with Gasteiger partial charge in [0.15, 0.2) is 0 Å². The van der Waals surface area contributed by atoms with E-state index in [1.165, 1.54) is 83.5 Å². The molecule has 0 saturated heterocycles. The number of hydrogen-bond donors (Lipinski definition) is 2. The van der Waals surface area contributed by atoms with Crippen LogP contribution in [0.4, 0.5) is 0 Å². The summed E-state index contributed by atoms with van der Waals surface area (Å²) in [6, 6.07) is 0. The summed E-state index contributed by atoms with van der Waals surface area (Å²) in [6.07, 6.45) is 17.2. The van der Waals surface area contributed by atoms with Gasteiger partial charge in [-0.05, 0) is 19.8 Å². The van der Waals surface area contributed by atoms with E-state index in [0.717, 1.165) is 26.2 Å². The van der Waals surface area contributed by atoms with Crippen molar-refractivity contribution >= 4 is 11.9 Å². The Hall–Kier alpha value is 0.0600. The number of esters is 2. The van der Waals surface area contributed by atoms with Gasteiger partial charge in [0.05, 0.1) is 0 Å². The van der Waals surface area contributed by atoms with Gasteiger partial charge in [-0.15, -0.1) is 0 Å². The molecule has 0 rings (SSSR count). The summed E-state index contributed by atoms with van der Waals surface area (Å²) in [4.78, 5) is 20.9. The van der Waals surface area contributed by atoms with Gasteiger partial charge >= 0.3 is 41.5 Å². The molecular formula is C24H47NaO5. The van der Waals surface area contributed by atoms with Gasteiger partial charge in [-0.1, -0.05) is 97.3 Å². The molecule has 0 aromatic carbocycles. The standard InChI is InChI=1S/C18H37.C6H10O5.Na/c1-4-5-6-7-8-9-10-11-12-13-14-15-16-17-18(2)3;1-3(7)5(9)11-6(10)4(2)8;/h18H,1,4-17H2,2-3H3;3-4,7-8H,1-2H3;/q-1;;+1. The van der Waals surface area contributed by atoms with Gasteiger partial charge in [-0.25, -0.2) is 9.59 Å². The van der Waals surface area contributed by atoms with E-state index >= 15 is 0 Å². The number of ether oxygens (including phenoxy) is 1. The van der Waals surface area contributed by atoms with E-state index in [1.807, 2.05) is 0 Å². The fraction of sp³-hybridized carbons (Fsp3) is 0.875. The monoisotopic (exact) mass is 438 g/mol. The van der Waals surface area contributed by atoms with E-state index in [2.05, 4.69) is 25.5 Å². The largest absolute Gasteiger partial charge is 1.00 e. The second-order valence-corrected chi connectivity index (χ2v) is 8.37. The first kappa shape index (κ1) is 34.7. The van der Waals surface area contributed by atoms with Crippen molar-refractivity contribution in [1.82, 2.24) is 0 Å². The zero-order chi connectivity index (χ0) is 22.5. The normalized spacial score (nSPS) is 12.4. The molecule has 0 heterocycles. The van der Waals surface area contributed by atoms with E-state index in [0.29, 0.717) is 0 Å². The first-order chi connectivity index (χ1) is 13.7. The molecule has 0 aliphatic heterocycles. The molecule has 0 aliphatic rings. The molecule has 0 aromatic heterocycles. The average molecular weight is 439 g/mol. The summed E-state index contributed by atoms with van der Waals surface area (Å²) in [5.41, 5.74) is 0. The van der Waals surface area contributed by atoms with Crippen LogP contribution in [-0.4, -0.2) is 34.4 Å². The second-order valence-electron chi connectivity index (χ2n) is 8.37. The average Bonchev–Trinajstić information content (AvgIpc) is 2.65. The van der Waals surface area contributed by atoms with Crippen molar-refractivity contribution in [2.24, 2.45) is 5.92 Å². The smallest absolute Gasteiger partial charge is 0.389 e. The molecule has 2 unspecified atom stereocenters. The van der Waals surface area contributed by atoms with Crippen LogP contribution in [0.25, 0.3) is 0 Å². The molecule has 2 N–H and O–H groups in total. The van der Waals surface area contributed by atoms with Crippen molar-refractivity contribution in [1.29, 1.82) is 0 Å². The molecule has 0 saturated carbocycles. The van der Waals surface area contributed by atoms with Crippen molar-refractivity contribution in [3.8, 4) is 0 Å². The fourth-order valence-electron chi connectivity index (χ4n) is 2.77. The number of rotatable bonds is 16. The van der Waals surface area contributed by atoms with Crippen molar-refractivity contribution in [3.63, 3.8) is 0 Å². The van der Waals surface area contributed by atoms with Crippen LogP contribution in [0.2, 0.25) is 0 Å². The SMILES string of the molecule is CC(O)C(=O)OC(=O)C(C)O.[CH2-]CCCCCCCCCCCCCCC(C)C.[Na+]. The number of unbranched alkanes of at least 4 members (excludes halogenated alkanes) is 12. The molecule has 30 heavy (non-hydrogen) atoms. The van der Waals surface area contributed by atoms with Crippen LogP contribution in [-0.2, 0) is 14.3 Å². The van der Waals surface area contributed by atoms with E-state index in [4.69, 9.17) is 10.2 Å². The molecule has 0 spiro atoms. The fourth-order valence-corrected chi connectivity index (χ4v) is 2.77. The van der Waals surface area contributed by atoms with Crippen molar-refractivity contribution in [2.75, 3.05) is 0 Å². The molecular weight excluding hydrogens is 391 g/mol. The van der Waals surface area contributed by atoms with Gasteiger partial charge in [0.25, 0.3) is 0 Å². The maximum atomic E-state index is 10.5. The van der Waals surface area contributed by atoms with Gasteiger partial charge < -0.3 is 21.9 Å². The zero-order valence-corrected chi connectivity index (χ0v) is 22.5. The van der Waals surface area contributed by atoms with Gasteiger partial charge in [0.1, 0.15) is 12.2 Å². The summed E-state index contributed by atoms with van der Waals surface area (Å²) in [5, 5.41) is 17.1. The summed E-state index contributed by atoms with van der Waals surface area (Å²) in [7, 11) is 0. The molecule has 0 radical (unpaired) electrons. The molecule has 5 nitrogen and oxygen atoms in total. The Kier molecular flexibility index (Phi) is 29.3. The van der Waals surface area contributed by atoms with Gasteiger partial charge in [0, 0.05) is 0 Å². The van der Waals surface area contributed by atoms with Crippen LogP contribution in [0.5, 0.6) is 0 Å². The van der Waals surface area contributed by atoms with Crippen molar-refractivity contribution in [2.45, 2.75) is 130 Å². The zero-order valence-electron chi connectivity index (χ0n) is 20.5. The first-order valence-electron chi connectivity index (χ1n) is 11.6. The topological polar surface area (TPSA) is 83.8 Å². The second kappa shape index (κ2) is 25.3. The van der Waals surface area contributed by atoms with E-state index < -0.39 is 24.1 Å². The van der Waals surface area contributed by atoms with Gasteiger partial charge in [-0.3, -0.25) is 0 Å². The van der Waals surface area contributed by atoms with Gasteiger partial charge in [0.2, 0.25) is 0 Å². The maximum Gasteiger partial charge on any atom is 1.00 e. The Morgan fingerprint density at radius 1 is 0.667 bits per heavy atom. The number of carbonyl (C=O) groups is 2. The Balaban J connectivity index is -0.000000525. The maximum absolute atomic E-state index is 10.5. The van der Waals surface area contributed by atoms with Gasteiger partial charge in [-0.2, -0.15) is 6.42 Å². The first-order valence-corrected chi connectivity index (χ1v) is 11.6.